The van der Waals surface area contributed by atoms with Gasteiger partial charge in [0.2, 0.25) is 0 Å². The average Bonchev–Trinajstić information content (AvgIpc) is 3.40. The molecule has 4 aliphatic rings. The van der Waals surface area contributed by atoms with Crippen molar-refractivity contribution in [1.29, 1.82) is 0 Å². The van der Waals surface area contributed by atoms with Gasteiger partial charge in [-0.05, 0) is 132 Å². The van der Waals surface area contributed by atoms with Crippen molar-refractivity contribution in [1.82, 2.24) is 0 Å². The molecule has 4 aliphatic heterocycles. The van der Waals surface area contributed by atoms with Crippen LogP contribution in [-0.4, -0.2) is 14.0 Å². The van der Waals surface area contributed by atoms with Crippen LogP contribution in [-0.2, 0) is 0 Å². The molecule has 70 heavy (non-hydrogen) atoms. The Labute approximate surface area is 414 Å². The van der Waals surface area contributed by atoms with E-state index >= 15 is 0 Å². The van der Waals surface area contributed by atoms with Gasteiger partial charge in [0.25, 0.3) is 6.71 Å². The molecule has 0 fully saturated rings. The minimum atomic E-state index is 0.0291. The van der Waals surface area contributed by atoms with Crippen molar-refractivity contribution >= 4 is 127 Å². The summed E-state index contributed by atoms with van der Waals surface area (Å²) < 4.78 is 0. The van der Waals surface area contributed by atoms with E-state index in [1.54, 1.807) is 0 Å². The van der Waals surface area contributed by atoms with Gasteiger partial charge in [-0.1, -0.05) is 156 Å². The van der Waals surface area contributed by atoms with E-state index < -0.39 is 0 Å². The molecule has 0 spiro atoms. The van der Waals surface area contributed by atoms with Crippen LogP contribution >= 0.6 is 11.8 Å². The van der Waals surface area contributed by atoms with E-state index in [1.807, 2.05) is 11.8 Å². The predicted octanol–water partition coefficient (Wildman–Crippen LogP) is 13.2. The Bertz CT molecular complexity index is 3480. The molecule has 4 heterocycles. The summed E-state index contributed by atoms with van der Waals surface area (Å²) >= 11 is 1.92. The van der Waals surface area contributed by atoms with Crippen molar-refractivity contribution in [2.75, 3.05) is 25.3 Å². The highest BCUT2D eigenvalue weighted by molar-refractivity contribution is 8.00. The van der Waals surface area contributed by atoms with Gasteiger partial charge in [-0.2, -0.15) is 0 Å². The summed E-state index contributed by atoms with van der Waals surface area (Å²) in [4.78, 5) is 10.1. The molecule has 8 heteroatoms. The van der Waals surface area contributed by atoms with Gasteiger partial charge in [-0.25, -0.2) is 0 Å². The second kappa shape index (κ2) is 16.2. The first-order chi connectivity index (χ1) is 34.6. The van der Waals surface area contributed by atoms with Crippen molar-refractivity contribution in [2.24, 2.45) is 0 Å². The number of anilines is 13. The molecule has 330 valence electrons. The number of hydrogen-bond donors (Lipinski definition) is 2. The van der Waals surface area contributed by atoms with E-state index in [-0.39, 0.29) is 6.71 Å². The quantitative estimate of drug-likeness (QED) is 0.148. The Hall–Kier alpha value is -8.32. The van der Waals surface area contributed by atoms with Gasteiger partial charge in [-0.3, -0.25) is 0 Å². The molecule has 2 N–H and O–H groups in total. The number of hydrogen-bond acceptors (Lipinski definition) is 6. The number of nitrogens with one attached hydrogen (secondary N) is 2. The Kier molecular flexibility index (Phi) is 9.40. The van der Waals surface area contributed by atoms with Crippen LogP contribution in [0, 0.1) is 13.8 Å². The van der Waals surface area contributed by atoms with Gasteiger partial charge in [-0.15, -0.1) is 0 Å². The minimum absolute atomic E-state index is 0.0291. The third-order valence-electron chi connectivity index (χ3n) is 14.4. The van der Waals surface area contributed by atoms with E-state index in [1.165, 1.54) is 87.9 Å². The average molecular weight is 914 g/mol. The molecular weight excluding hydrogens is 868 g/mol. The largest absolute Gasteiger partial charge is 0.355 e. The summed E-state index contributed by atoms with van der Waals surface area (Å²) in [6.45, 7) is 4.51. The molecule has 10 aromatic rings. The molecule has 0 aliphatic carbocycles. The van der Waals surface area contributed by atoms with E-state index in [0.717, 1.165) is 52.7 Å². The number of nitrogens with zero attached hydrogens (tertiary/aromatic N) is 3. The monoisotopic (exact) mass is 913 g/mol. The van der Waals surface area contributed by atoms with Crippen LogP contribution in [0.25, 0.3) is 11.1 Å². The standard InChI is InChI=1S/C62H45B2N5S/c1-39-31-33-52-47(35-39)64-48-36-40(2)32-34-53(48)69-54-29-17-18-30-55(54)70-62-57(58-60(59(64)61(62)69)68(52)51-28-16-15-27-46(51)63-58)56-49(65-41-19-7-3-8-20-41)37-45(38-50(56)66-42-21-9-4-10-22-42)67(43-23-11-5-12-24-43)44-25-13-6-14-26-44/h3-38,63,65-66H,1-2H3. The maximum atomic E-state index is 4.08. The Morgan fingerprint density at radius 1 is 0.457 bits per heavy atom. The molecule has 0 bridgehead atoms. The number of benzene rings is 10. The van der Waals surface area contributed by atoms with Gasteiger partial charge >= 0.3 is 0 Å². The maximum absolute atomic E-state index is 4.08. The molecule has 0 amide bonds. The molecule has 0 atom stereocenters. The van der Waals surface area contributed by atoms with Crippen molar-refractivity contribution < 1.29 is 0 Å². The first-order valence-electron chi connectivity index (χ1n) is 24.2. The van der Waals surface area contributed by atoms with Crippen LogP contribution in [0.2, 0.25) is 0 Å². The molecule has 0 unspecified atom stereocenters. The first-order valence-corrected chi connectivity index (χ1v) is 25.0. The van der Waals surface area contributed by atoms with Crippen LogP contribution in [0.5, 0.6) is 0 Å². The number of para-hydroxylation sites is 6. The fraction of sp³-hybridized carbons (Fsp3) is 0.0323. The van der Waals surface area contributed by atoms with Crippen LogP contribution in [0.4, 0.5) is 73.9 Å². The highest BCUT2D eigenvalue weighted by atomic mass is 32.2. The molecule has 10 aromatic carbocycles. The van der Waals surface area contributed by atoms with Crippen LogP contribution in [0.3, 0.4) is 0 Å². The van der Waals surface area contributed by atoms with Gasteiger partial charge in [0, 0.05) is 60.9 Å². The highest BCUT2D eigenvalue weighted by Crippen LogP contribution is 2.59. The number of fused-ring (bicyclic) bond motifs is 10. The Balaban J connectivity index is 1.15. The zero-order chi connectivity index (χ0) is 46.5. The minimum Gasteiger partial charge on any atom is -0.355 e. The lowest BCUT2D eigenvalue weighted by Gasteiger charge is -2.50. The molecule has 14 rings (SSSR count). The summed E-state index contributed by atoms with van der Waals surface area (Å²) in [7, 11) is 0.770. The normalized spacial score (nSPS) is 13.0. The fourth-order valence-electron chi connectivity index (χ4n) is 11.6. The summed E-state index contributed by atoms with van der Waals surface area (Å²) in [5.74, 6) is 0. The summed E-state index contributed by atoms with van der Waals surface area (Å²) in [6.07, 6.45) is 0. The van der Waals surface area contributed by atoms with Gasteiger partial charge in [0.15, 0.2) is 7.28 Å². The van der Waals surface area contributed by atoms with E-state index in [0.29, 0.717) is 0 Å². The summed E-state index contributed by atoms with van der Waals surface area (Å²) in [5.41, 5.74) is 26.3. The third kappa shape index (κ3) is 6.37. The smallest absolute Gasteiger partial charge is 0.252 e. The van der Waals surface area contributed by atoms with Crippen molar-refractivity contribution in [3.63, 3.8) is 0 Å². The lowest BCUT2D eigenvalue weighted by atomic mass is 9.32. The maximum Gasteiger partial charge on any atom is 0.252 e. The Morgan fingerprint density at radius 3 is 1.54 bits per heavy atom. The van der Waals surface area contributed by atoms with Crippen molar-refractivity contribution in [3.8, 4) is 11.1 Å². The second-order valence-corrected chi connectivity index (χ2v) is 19.9. The van der Waals surface area contributed by atoms with E-state index in [2.05, 4.69) is 258 Å². The molecule has 5 nitrogen and oxygen atoms in total. The van der Waals surface area contributed by atoms with Crippen LogP contribution in [0.15, 0.2) is 228 Å². The van der Waals surface area contributed by atoms with E-state index in [9.17, 15) is 0 Å². The van der Waals surface area contributed by atoms with Gasteiger partial charge < -0.3 is 25.3 Å². The van der Waals surface area contributed by atoms with Crippen LogP contribution < -0.4 is 52.6 Å². The lowest BCUT2D eigenvalue weighted by Crippen LogP contribution is -2.64. The fourth-order valence-corrected chi connectivity index (χ4v) is 12.8. The van der Waals surface area contributed by atoms with E-state index in [4.69, 9.17) is 0 Å². The third-order valence-corrected chi connectivity index (χ3v) is 15.6. The number of aryl methyl sites for hydroxylation is 2. The molecule has 0 saturated heterocycles. The van der Waals surface area contributed by atoms with Gasteiger partial charge in [0.1, 0.15) is 0 Å². The first kappa shape index (κ1) is 40.7. The lowest BCUT2D eigenvalue weighted by molar-refractivity contribution is 1.16. The van der Waals surface area contributed by atoms with Crippen molar-refractivity contribution in [3.05, 3.63) is 230 Å². The zero-order valence-corrected chi connectivity index (χ0v) is 39.6. The number of rotatable bonds is 8. The van der Waals surface area contributed by atoms with Crippen LogP contribution in [0.1, 0.15) is 11.1 Å². The molecule has 0 aromatic heterocycles. The summed E-state index contributed by atoms with van der Waals surface area (Å²) in [5, 5.41) is 8.15. The molecule has 0 radical (unpaired) electrons. The predicted molar refractivity (Wildman–Crippen MR) is 300 cm³/mol. The Morgan fingerprint density at radius 2 is 0.957 bits per heavy atom. The highest BCUT2D eigenvalue weighted by Gasteiger charge is 2.49. The molecular formula is C62H45B2N5S. The second-order valence-electron chi connectivity index (χ2n) is 18.8. The van der Waals surface area contributed by atoms with Crippen molar-refractivity contribution in [2.45, 2.75) is 23.6 Å². The summed E-state index contributed by atoms with van der Waals surface area (Å²) in [6, 6.07) is 79.9. The topological polar surface area (TPSA) is 33.8 Å². The SMILES string of the molecule is Cc1ccc2c(c1)B1c3cc(C)ccc3N3c4ccccc4Sc4c(-c5c(Nc6ccccc6)cc(N(c6ccccc6)c6ccccc6)cc5Nc5ccccc5)c5c(c1c43)N2c1ccccc1B5. The van der Waals surface area contributed by atoms with Gasteiger partial charge in [0.05, 0.1) is 28.4 Å². The zero-order valence-electron chi connectivity index (χ0n) is 38.8. The molecule has 0 saturated carbocycles.